The molecule has 0 saturated heterocycles. The second kappa shape index (κ2) is 6.34. The van der Waals surface area contributed by atoms with Crippen LogP contribution in [0, 0.1) is 6.92 Å². The van der Waals surface area contributed by atoms with Gasteiger partial charge in [0.05, 0.1) is 11.0 Å². The van der Waals surface area contributed by atoms with Crippen LogP contribution in [0.4, 0.5) is 0 Å². The van der Waals surface area contributed by atoms with E-state index in [-0.39, 0.29) is 22.9 Å². The summed E-state index contributed by atoms with van der Waals surface area (Å²) in [5, 5.41) is 2.90. The summed E-state index contributed by atoms with van der Waals surface area (Å²) >= 11 is 0. The van der Waals surface area contributed by atoms with Crippen LogP contribution in [-0.2, 0) is 13.8 Å². The highest BCUT2D eigenvalue weighted by atomic mass is 35.7. The smallest absolute Gasteiger partial charge is 0.261 e. The van der Waals surface area contributed by atoms with Crippen LogP contribution < -0.4 is 5.32 Å². The van der Waals surface area contributed by atoms with E-state index in [1.165, 1.54) is 6.07 Å². The average molecular weight is 332 g/mol. The molecule has 116 valence electrons. The molecule has 1 aromatic rings. The third-order valence-electron chi connectivity index (χ3n) is 3.77. The van der Waals surface area contributed by atoms with Crippen molar-refractivity contribution in [1.82, 2.24) is 5.32 Å². The van der Waals surface area contributed by atoms with Gasteiger partial charge < -0.3 is 10.1 Å². The predicted octanol–water partition coefficient (Wildman–Crippen LogP) is 2.22. The second-order valence-corrected chi connectivity index (χ2v) is 7.79. The van der Waals surface area contributed by atoms with Crippen LogP contribution in [0.5, 0.6) is 0 Å². The normalized spacial score (nSPS) is 22.2. The van der Waals surface area contributed by atoms with Gasteiger partial charge in [0, 0.05) is 29.4 Å². The quantitative estimate of drug-likeness (QED) is 0.859. The lowest BCUT2D eigenvalue weighted by molar-refractivity contribution is 0.0915. The first kappa shape index (κ1) is 16.3. The number of carbonyl (C=O) groups excluding carboxylic acids is 1. The molecule has 5 nitrogen and oxygen atoms in total. The van der Waals surface area contributed by atoms with E-state index in [0.717, 1.165) is 19.3 Å². The highest BCUT2D eigenvalue weighted by molar-refractivity contribution is 8.13. The maximum Gasteiger partial charge on any atom is 0.261 e. The molecule has 0 bridgehead atoms. The molecule has 1 aliphatic carbocycles. The highest BCUT2D eigenvalue weighted by Crippen LogP contribution is 2.23. The number of hydrogen-bond donors (Lipinski definition) is 1. The molecule has 0 radical (unpaired) electrons. The van der Waals surface area contributed by atoms with E-state index in [2.05, 4.69) is 5.32 Å². The minimum absolute atomic E-state index is 0.0296. The predicted molar refractivity (Wildman–Crippen MR) is 80.1 cm³/mol. The Morgan fingerprint density at radius 1 is 1.38 bits per heavy atom. The van der Waals surface area contributed by atoms with Crippen LogP contribution in [0.3, 0.4) is 0 Å². The third-order valence-corrected chi connectivity index (χ3v) is 5.23. The summed E-state index contributed by atoms with van der Waals surface area (Å²) in [6.45, 7) is 1.64. The third kappa shape index (κ3) is 3.96. The van der Waals surface area contributed by atoms with E-state index in [1.54, 1.807) is 26.2 Å². The minimum atomic E-state index is -3.86. The molecule has 7 heteroatoms. The van der Waals surface area contributed by atoms with Crippen molar-refractivity contribution in [2.45, 2.75) is 43.2 Å². The molecule has 1 saturated carbocycles. The van der Waals surface area contributed by atoms with Crippen molar-refractivity contribution in [2.24, 2.45) is 0 Å². The van der Waals surface area contributed by atoms with Crippen LogP contribution in [0.25, 0.3) is 0 Å². The Kier molecular flexibility index (Phi) is 4.91. The molecule has 0 aliphatic heterocycles. The van der Waals surface area contributed by atoms with Crippen LogP contribution in [-0.4, -0.2) is 33.6 Å². The molecule has 2 unspecified atom stereocenters. The molecule has 1 amide bonds. The molecular weight excluding hydrogens is 314 g/mol. The zero-order valence-corrected chi connectivity index (χ0v) is 13.5. The Balaban J connectivity index is 2.13. The molecular formula is C14H18ClNO4S. The first-order valence-electron chi connectivity index (χ1n) is 6.70. The summed E-state index contributed by atoms with van der Waals surface area (Å²) in [7, 11) is 3.17. The number of hydrogen-bond acceptors (Lipinski definition) is 4. The monoisotopic (exact) mass is 331 g/mol. The first-order valence-corrected chi connectivity index (χ1v) is 9.01. The van der Waals surface area contributed by atoms with Gasteiger partial charge in [0.2, 0.25) is 0 Å². The molecule has 2 rings (SSSR count). The van der Waals surface area contributed by atoms with E-state index in [0.29, 0.717) is 11.1 Å². The van der Waals surface area contributed by atoms with Gasteiger partial charge in [-0.3, -0.25) is 4.79 Å². The highest BCUT2D eigenvalue weighted by Gasteiger charge is 2.26. The standard InChI is InChI=1S/C14H18ClNO4S/c1-9-3-4-10(7-13(9)21(15,18)19)14(17)16-11-5-6-12(8-11)20-2/h3-4,7,11-12H,5-6,8H2,1-2H3,(H,16,17). The van der Waals surface area contributed by atoms with Gasteiger partial charge in [-0.25, -0.2) is 8.42 Å². The summed E-state index contributed by atoms with van der Waals surface area (Å²) in [6, 6.07) is 4.55. The van der Waals surface area contributed by atoms with Gasteiger partial charge in [0.15, 0.2) is 0 Å². The molecule has 0 heterocycles. The van der Waals surface area contributed by atoms with Crippen molar-refractivity contribution < 1.29 is 17.9 Å². The average Bonchev–Trinajstić information content (AvgIpc) is 2.85. The van der Waals surface area contributed by atoms with Crippen molar-refractivity contribution in [3.05, 3.63) is 29.3 Å². The Bertz CT molecular complexity index is 644. The fourth-order valence-electron chi connectivity index (χ4n) is 2.56. The van der Waals surface area contributed by atoms with Gasteiger partial charge in [-0.15, -0.1) is 0 Å². The molecule has 0 spiro atoms. The number of ether oxygens (including phenoxy) is 1. The lowest BCUT2D eigenvalue weighted by atomic mass is 10.1. The number of amides is 1. The fraction of sp³-hybridized carbons (Fsp3) is 0.500. The number of methoxy groups -OCH3 is 1. The Morgan fingerprint density at radius 3 is 2.67 bits per heavy atom. The number of halogens is 1. The summed E-state index contributed by atoms with van der Waals surface area (Å²) in [5.74, 6) is -0.293. The fourth-order valence-corrected chi connectivity index (χ4v) is 3.78. The SMILES string of the molecule is COC1CCC(NC(=O)c2ccc(C)c(S(=O)(=O)Cl)c2)C1. The Hall–Kier alpha value is -1.11. The largest absolute Gasteiger partial charge is 0.381 e. The maximum absolute atomic E-state index is 12.2. The van der Waals surface area contributed by atoms with Gasteiger partial charge in [0.25, 0.3) is 15.0 Å². The van der Waals surface area contributed by atoms with Crippen LogP contribution in [0.15, 0.2) is 23.1 Å². The zero-order valence-electron chi connectivity index (χ0n) is 11.9. The minimum Gasteiger partial charge on any atom is -0.381 e. The van der Waals surface area contributed by atoms with Gasteiger partial charge in [-0.1, -0.05) is 6.07 Å². The van der Waals surface area contributed by atoms with Crippen LogP contribution in [0.1, 0.15) is 35.2 Å². The van der Waals surface area contributed by atoms with E-state index in [9.17, 15) is 13.2 Å². The topological polar surface area (TPSA) is 72.5 Å². The van der Waals surface area contributed by atoms with Gasteiger partial charge in [0.1, 0.15) is 0 Å². The van der Waals surface area contributed by atoms with Gasteiger partial charge in [-0.05, 0) is 43.9 Å². The molecule has 0 aromatic heterocycles. The molecule has 1 aromatic carbocycles. The summed E-state index contributed by atoms with van der Waals surface area (Å²) in [6.07, 6.45) is 2.72. The number of benzene rings is 1. The van der Waals surface area contributed by atoms with E-state index >= 15 is 0 Å². The second-order valence-electron chi connectivity index (χ2n) is 5.26. The number of rotatable bonds is 4. The van der Waals surface area contributed by atoms with Crippen molar-refractivity contribution in [1.29, 1.82) is 0 Å². The Morgan fingerprint density at radius 2 is 2.10 bits per heavy atom. The zero-order chi connectivity index (χ0) is 15.6. The van der Waals surface area contributed by atoms with E-state index in [4.69, 9.17) is 15.4 Å². The van der Waals surface area contributed by atoms with Crippen LogP contribution in [0.2, 0.25) is 0 Å². The first-order chi connectivity index (χ1) is 9.81. The molecule has 1 aliphatic rings. The van der Waals surface area contributed by atoms with E-state index in [1.807, 2.05) is 0 Å². The summed E-state index contributed by atoms with van der Waals surface area (Å²) in [4.78, 5) is 12.2. The molecule has 21 heavy (non-hydrogen) atoms. The van der Waals surface area contributed by atoms with E-state index < -0.39 is 9.05 Å². The lowest BCUT2D eigenvalue weighted by Gasteiger charge is -2.13. The molecule has 1 N–H and O–H groups in total. The van der Waals surface area contributed by atoms with Crippen molar-refractivity contribution >= 4 is 25.6 Å². The molecule has 1 fully saturated rings. The summed E-state index contributed by atoms with van der Waals surface area (Å²) in [5.41, 5.74) is 0.808. The maximum atomic E-state index is 12.2. The lowest BCUT2D eigenvalue weighted by Crippen LogP contribution is -2.33. The number of nitrogens with one attached hydrogen (secondary N) is 1. The van der Waals surface area contributed by atoms with Crippen molar-refractivity contribution in [3.8, 4) is 0 Å². The van der Waals surface area contributed by atoms with Gasteiger partial charge >= 0.3 is 0 Å². The summed E-state index contributed by atoms with van der Waals surface area (Å²) < 4.78 is 28.2. The molecule has 2 atom stereocenters. The number of carbonyl (C=O) groups is 1. The van der Waals surface area contributed by atoms with Gasteiger partial charge in [-0.2, -0.15) is 0 Å². The van der Waals surface area contributed by atoms with Crippen LogP contribution >= 0.6 is 10.7 Å². The number of aryl methyl sites for hydroxylation is 1. The Labute approximate surface area is 129 Å². The van der Waals surface area contributed by atoms with Crippen molar-refractivity contribution in [2.75, 3.05) is 7.11 Å². The van der Waals surface area contributed by atoms with Crippen molar-refractivity contribution in [3.63, 3.8) is 0 Å².